The molecule has 0 atom stereocenters. The first-order valence-electron chi connectivity index (χ1n) is 14.0. The number of nitrogens with zero attached hydrogens (tertiary/aromatic N) is 5. The summed E-state index contributed by atoms with van der Waals surface area (Å²) in [5.41, 5.74) is 2.24. The molecule has 1 saturated heterocycles. The summed E-state index contributed by atoms with van der Waals surface area (Å²) in [6, 6.07) is 14.1. The molecular formula is C32H29F3N6O2S. The average Bonchev–Trinajstić information content (AvgIpc) is 3.48. The van der Waals surface area contributed by atoms with Crippen molar-refractivity contribution >= 4 is 33.1 Å². The van der Waals surface area contributed by atoms with Crippen molar-refractivity contribution in [3.63, 3.8) is 0 Å². The Hall–Kier alpha value is -4.39. The molecule has 1 aliphatic rings. The van der Waals surface area contributed by atoms with Gasteiger partial charge in [0.1, 0.15) is 10.4 Å². The molecule has 0 spiro atoms. The molecule has 1 aliphatic heterocycles. The summed E-state index contributed by atoms with van der Waals surface area (Å²) >= 11 is 1.43. The highest BCUT2D eigenvalue weighted by Crippen LogP contribution is 2.36. The van der Waals surface area contributed by atoms with Crippen LogP contribution in [0.5, 0.6) is 11.6 Å². The van der Waals surface area contributed by atoms with E-state index in [1.54, 1.807) is 48.8 Å². The first-order chi connectivity index (χ1) is 21.1. The van der Waals surface area contributed by atoms with Crippen LogP contribution in [-0.2, 0) is 12.7 Å². The molecule has 1 N–H and O–H groups in total. The van der Waals surface area contributed by atoms with Crippen LogP contribution < -0.4 is 10.1 Å². The number of pyridine rings is 1. The van der Waals surface area contributed by atoms with Crippen LogP contribution in [0.3, 0.4) is 0 Å². The van der Waals surface area contributed by atoms with Gasteiger partial charge in [0.15, 0.2) is 5.82 Å². The molecule has 4 heterocycles. The summed E-state index contributed by atoms with van der Waals surface area (Å²) in [6.45, 7) is 5.41. The van der Waals surface area contributed by atoms with Crippen LogP contribution in [0.15, 0.2) is 72.4 Å². The van der Waals surface area contributed by atoms with Crippen molar-refractivity contribution in [2.45, 2.75) is 19.6 Å². The van der Waals surface area contributed by atoms with Gasteiger partial charge in [0, 0.05) is 61.9 Å². The fourth-order valence-electron chi connectivity index (χ4n) is 4.98. The summed E-state index contributed by atoms with van der Waals surface area (Å²) in [4.78, 5) is 31.0. The predicted octanol–water partition coefficient (Wildman–Crippen LogP) is 6.87. The van der Waals surface area contributed by atoms with Crippen LogP contribution in [-0.4, -0.2) is 63.9 Å². The van der Waals surface area contributed by atoms with Crippen LogP contribution in [0.1, 0.15) is 27.0 Å². The Balaban J connectivity index is 1.26. The third kappa shape index (κ3) is 6.72. The Morgan fingerprint density at radius 1 is 1.00 bits per heavy atom. The molecule has 3 aromatic heterocycles. The number of benzene rings is 2. The first kappa shape index (κ1) is 29.7. The number of aryl methyl sites for hydroxylation is 1. The number of nitrogens with one attached hydrogen (secondary N) is 1. The maximum Gasteiger partial charge on any atom is 0.416 e. The highest BCUT2D eigenvalue weighted by molar-refractivity contribution is 7.17. The van der Waals surface area contributed by atoms with Crippen molar-refractivity contribution in [3.8, 4) is 23.0 Å². The molecular weight excluding hydrogens is 589 g/mol. The third-order valence-electron chi connectivity index (χ3n) is 7.45. The fraction of sp³-hybridized carbons (Fsp3) is 0.250. The van der Waals surface area contributed by atoms with Crippen LogP contribution in [0.4, 0.5) is 18.9 Å². The van der Waals surface area contributed by atoms with E-state index in [2.05, 4.69) is 30.1 Å². The zero-order chi connectivity index (χ0) is 30.8. The van der Waals surface area contributed by atoms with E-state index in [9.17, 15) is 18.0 Å². The van der Waals surface area contributed by atoms with Gasteiger partial charge in [0.2, 0.25) is 5.88 Å². The molecule has 12 heteroatoms. The number of aromatic nitrogens is 3. The number of carbonyl (C=O) groups excluding carboxylic acids is 1. The lowest BCUT2D eigenvalue weighted by Gasteiger charge is -2.32. The van der Waals surface area contributed by atoms with Gasteiger partial charge in [-0.25, -0.2) is 4.98 Å². The van der Waals surface area contributed by atoms with Gasteiger partial charge in [-0.1, -0.05) is 6.07 Å². The van der Waals surface area contributed by atoms with Crippen LogP contribution in [0.2, 0.25) is 0 Å². The van der Waals surface area contributed by atoms with E-state index < -0.39 is 17.6 Å². The lowest BCUT2D eigenvalue weighted by molar-refractivity contribution is -0.137. The molecule has 0 radical (unpaired) electrons. The van der Waals surface area contributed by atoms with E-state index in [-0.39, 0.29) is 11.3 Å². The van der Waals surface area contributed by atoms with Crippen molar-refractivity contribution in [1.29, 1.82) is 0 Å². The fourth-order valence-corrected chi connectivity index (χ4v) is 5.73. The number of rotatable bonds is 7. The van der Waals surface area contributed by atoms with Gasteiger partial charge >= 0.3 is 6.18 Å². The minimum Gasteiger partial charge on any atom is -0.437 e. The van der Waals surface area contributed by atoms with Crippen molar-refractivity contribution < 1.29 is 22.7 Å². The minimum absolute atomic E-state index is 0.0788. The number of alkyl halides is 3. The molecule has 0 aliphatic carbocycles. The van der Waals surface area contributed by atoms with Crippen molar-refractivity contribution in [2.24, 2.45) is 0 Å². The van der Waals surface area contributed by atoms with Gasteiger partial charge < -0.3 is 15.0 Å². The highest BCUT2D eigenvalue weighted by Gasteiger charge is 2.31. The number of fused-ring (bicyclic) bond motifs is 1. The summed E-state index contributed by atoms with van der Waals surface area (Å²) < 4.78 is 48.4. The maximum atomic E-state index is 13.8. The van der Waals surface area contributed by atoms with Gasteiger partial charge in [0.05, 0.1) is 11.1 Å². The Morgan fingerprint density at radius 2 is 1.77 bits per heavy atom. The Morgan fingerprint density at radius 3 is 2.52 bits per heavy atom. The van der Waals surface area contributed by atoms with Crippen LogP contribution >= 0.6 is 11.3 Å². The zero-order valence-corrected chi connectivity index (χ0v) is 24.9. The second kappa shape index (κ2) is 12.3. The summed E-state index contributed by atoms with van der Waals surface area (Å²) in [6.07, 6.45) is -1.24. The molecule has 1 fully saturated rings. The minimum atomic E-state index is -4.55. The normalized spacial score (nSPS) is 14.6. The number of halogens is 3. The lowest BCUT2D eigenvalue weighted by atomic mass is 10.1. The number of hydrogen-bond donors (Lipinski definition) is 1. The van der Waals surface area contributed by atoms with E-state index in [0.717, 1.165) is 59.7 Å². The third-order valence-corrected chi connectivity index (χ3v) is 8.34. The molecule has 44 heavy (non-hydrogen) atoms. The topological polar surface area (TPSA) is 83.5 Å². The standard InChI is InChI=1S/C32H29F3N6O2S/c1-20-3-4-23(17-27(20)43-31-28-26(7-14-44-28)38-29(39-31)22-5-8-36-9-6-22)30(42)37-25-16-21(15-24(18-25)32(33,34)35)19-41-12-10-40(2)11-13-41/h3-9,14-18H,10-13,19H2,1-2H3,(H,37,42). The Labute approximate surface area is 256 Å². The molecule has 0 unspecified atom stereocenters. The van der Waals surface area contributed by atoms with Crippen LogP contribution in [0, 0.1) is 6.92 Å². The number of piperazine rings is 1. The summed E-state index contributed by atoms with van der Waals surface area (Å²) in [7, 11) is 2.02. The molecule has 0 saturated carbocycles. The van der Waals surface area contributed by atoms with Crippen LogP contribution in [0.25, 0.3) is 21.6 Å². The van der Waals surface area contributed by atoms with Gasteiger partial charge in [-0.2, -0.15) is 18.2 Å². The number of carbonyl (C=O) groups is 1. The predicted molar refractivity (Wildman–Crippen MR) is 164 cm³/mol. The maximum absolute atomic E-state index is 13.8. The lowest BCUT2D eigenvalue weighted by Crippen LogP contribution is -2.43. The Kier molecular flexibility index (Phi) is 8.30. The van der Waals surface area contributed by atoms with Gasteiger partial charge in [-0.15, -0.1) is 11.3 Å². The molecule has 6 rings (SSSR count). The highest BCUT2D eigenvalue weighted by atomic mass is 32.1. The second-order valence-corrected chi connectivity index (χ2v) is 11.7. The summed E-state index contributed by atoms with van der Waals surface area (Å²) in [5, 5.41) is 4.57. The first-order valence-corrected chi connectivity index (χ1v) is 14.9. The van der Waals surface area contributed by atoms with E-state index in [4.69, 9.17) is 4.74 Å². The van der Waals surface area contributed by atoms with Gasteiger partial charge in [0.25, 0.3) is 5.91 Å². The molecule has 226 valence electrons. The Bertz CT molecular complexity index is 1800. The molecule has 0 bridgehead atoms. The molecule has 2 aromatic carbocycles. The van der Waals surface area contributed by atoms with E-state index in [1.807, 2.05) is 25.4 Å². The number of anilines is 1. The van der Waals surface area contributed by atoms with Gasteiger partial charge in [-0.3, -0.25) is 14.7 Å². The quantitative estimate of drug-likeness (QED) is 0.213. The number of likely N-dealkylation sites (N-methyl/N-ethyl adjacent to an activating group) is 1. The summed E-state index contributed by atoms with van der Waals surface area (Å²) in [5.74, 6) is 0.647. The number of amides is 1. The van der Waals surface area contributed by atoms with E-state index in [0.29, 0.717) is 29.6 Å². The van der Waals surface area contributed by atoms with E-state index in [1.165, 1.54) is 11.3 Å². The zero-order valence-electron chi connectivity index (χ0n) is 24.1. The van der Waals surface area contributed by atoms with Gasteiger partial charge in [-0.05, 0) is 79.0 Å². The second-order valence-electron chi connectivity index (χ2n) is 10.8. The number of hydrogen-bond acceptors (Lipinski definition) is 8. The average molecular weight is 619 g/mol. The number of ether oxygens (including phenoxy) is 1. The van der Waals surface area contributed by atoms with E-state index >= 15 is 0 Å². The van der Waals surface area contributed by atoms with Crippen molar-refractivity contribution in [2.75, 3.05) is 38.5 Å². The number of thiophene rings is 1. The monoisotopic (exact) mass is 618 g/mol. The SMILES string of the molecule is Cc1ccc(C(=O)Nc2cc(CN3CCN(C)CC3)cc(C(F)(F)F)c2)cc1Oc1nc(-c2ccncc2)nc2ccsc12. The molecule has 8 nitrogen and oxygen atoms in total. The largest absolute Gasteiger partial charge is 0.437 e. The smallest absolute Gasteiger partial charge is 0.416 e. The molecule has 5 aromatic rings. The molecule has 1 amide bonds. The van der Waals surface area contributed by atoms with Crippen molar-refractivity contribution in [3.05, 3.63) is 94.6 Å². The van der Waals surface area contributed by atoms with Crippen molar-refractivity contribution in [1.82, 2.24) is 24.8 Å².